The number of nitrogens with one attached hydrogen (secondary N) is 3. The van der Waals surface area contributed by atoms with Crippen LogP contribution in [0.5, 0.6) is 0 Å². The quantitative estimate of drug-likeness (QED) is 0.296. The Hall–Kier alpha value is -3.59. The third-order valence-electron chi connectivity index (χ3n) is 5.31. The lowest BCUT2D eigenvalue weighted by Crippen LogP contribution is -2.05. The number of pyridine rings is 1. The topological polar surface area (TPSA) is 128 Å². The van der Waals surface area contributed by atoms with E-state index in [0.29, 0.717) is 16.4 Å². The predicted octanol–water partition coefficient (Wildman–Crippen LogP) is 4.26. The maximum atomic E-state index is 13.3. The number of rotatable bonds is 7. The van der Waals surface area contributed by atoms with Gasteiger partial charge in [0, 0.05) is 28.7 Å². The zero-order valence-corrected chi connectivity index (χ0v) is 18.0. The number of benzene rings is 1. The van der Waals surface area contributed by atoms with E-state index in [4.69, 9.17) is 10.4 Å². The maximum Gasteiger partial charge on any atom is 0.223 e. The first-order chi connectivity index (χ1) is 14.9. The molecule has 0 bridgehead atoms. The lowest BCUT2D eigenvalue weighted by Gasteiger charge is -2.15. The number of hydrogen-bond donors (Lipinski definition) is 3. The van der Waals surface area contributed by atoms with Crippen LogP contribution in [0.3, 0.4) is 0 Å². The second kappa shape index (κ2) is 7.92. The summed E-state index contributed by atoms with van der Waals surface area (Å²) in [6.45, 7) is 7.67. The summed E-state index contributed by atoms with van der Waals surface area (Å²) in [4.78, 5) is 4.81. The van der Waals surface area contributed by atoms with Crippen molar-refractivity contribution in [3.63, 3.8) is 0 Å². The highest BCUT2D eigenvalue weighted by Crippen LogP contribution is 2.37. The maximum absolute atomic E-state index is 13.3. The average Bonchev–Trinajstić information content (AvgIpc) is 3.43. The van der Waals surface area contributed by atoms with Crippen molar-refractivity contribution in [2.75, 3.05) is 0 Å². The van der Waals surface area contributed by atoms with Crippen molar-refractivity contribution < 1.29 is 8.42 Å². The fourth-order valence-electron chi connectivity index (χ4n) is 3.90. The highest BCUT2D eigenvalue weighted by atomic mass is 32.2. The summed E-state index contributed by atoms with van der Waals surface area (Å²) in [6, 6.07) is 3.61. The Balaban J connectivity index is 2.12. The number of aromatic amines is 2. The number of sulfone groups is 1. The number of fused-ring (bicyclic) bond motifs is 3. The molecule has 8 nitrogen and oxygen atoms in total. The molecular weight excluding hydrogens is 412 g/mol. The monoisotopic (exact) mass is 434 g/mol. The molecule has 0 aliphatic heterocycles. The largest absolute Gasteiger partial charge is 0.309 e. The van der Waals surface area contributed by atoms with Crippen LogP contribution in [-0.4, -0.2) is 40.0 Å². The molecule has 3 heterocycles. The Morgan fingerprint density at radius 1 is 1.26 bits per heavy atom. The molecule has 0 aliphatic carbocycles. The van der Waals surface area contributed by atoms with E-state index in [-0.39, 0.29) is 9.93 Å². The third kappa shape index (κ3) is 3.27. The van der Waals surface area contributed by atoms with E-state index >= 15 is 0 Å². The van der Waals surface area contributed by atoms with E-state index < -0.39 is 9.84 Å². The van der Waals surface area contributed by atoms with Crippen LogP contribution >= 0.6 is 0 Å². The molecule has 0 unspecified atom stereocenters. The van der Waals surface area contributed by atoms with Gasteiger partial charge in [0.05, 0.1) is 27.8 Å². The van der Waals surface area contributed by atoms with Gasteiger partial charge in [-0.3, -0.25) is 10.2 Å². The van der Waals surface area contributed by atoms with Gasteiger partial charge in [-0.05, 0) is 42.7 Å². The zero-order valence-electron chi connectivity index (χ0n) is 17.2. The molecule has 4 rings (SSSR count). The molecule has 1 aromatic carbocycles. The van der Waals surface area contributed by atoms with Gasteiger partial charge in [0.15, 0.2) is 5.03 Å². The molecular formula is C22H22N6O2S. The average molecular weight is 435 g/mol. The standard InChI is InChI=1S/C22H22N6O2S/c1-4-6-16-13(3)19-17(26-21(16)14-11-24-25-12-14)7-8-18-20(19)22(28-27-18)31(29,30)15(5-2)9-10-23/h5,7-12,23H,2,4,6H2,1,3H3,(H,24,25)(H,27,28)/b15-9+,23-10?. The summed E-state index contributed by atoms with van der Waals surface area (Å²) in [5, 5.41) is 22.3. The van der Waals surface area contributed by atoms with Crippen LogP contribution in [0.4, 0.5) is 0 Å². The van der Waals surface area contributed by atoms with Crippen molar-refractivity contribution in [1.82, 2.24) is 25.4 Å². The number of hydrogen-bond acceptors (Lipinski definition) is 6. The lowest BCUT2D eigenvalue weighted by atomic mass is 9.94. The highest BCUT2D eigenvalue weighted by molar-refractivity contribution is 7.95. The molecule has 158 valence electrons. The Morgan fingerprint density at radius 2 is 2.03 bits per heavy atom. The summed E-state index contributed by atoms with van der Waals surface area (Å²) in [6.07, 6.45) is 8.59. The smallest absolute Gasteiger partial charge is 0.223 e. The second-order valence-electron chi connectivity index (χ2n) is 7.15. The van der Waals surface area contributed by atoms with Gasteiger partial charge >= 0.3 is 0 Å². The first kappa shape index (κ1) is 20.7. The number of aryl methyl sites for hydroxylation is 1. The van der Waals surface area contributed by atoms with Gasteiger partial charge in [0.2, 0.25) is 9.84 Å². The van der Waals surface area contributed by atoms with Gasteiger partial charge in [-0.15, -0.1) is 0 Å². The minimum Gasteiger partial charge on any atom is -0.309 e. The van der Waals surface area contributed by atoms with Crippen molar-refractivity contribution in [1.29, 1.82) is 5.41 Å². The Kier molecular flexibility index (Phi) is 5.28. The molecule has 9 heteroatoms. The summed E-state index contributed by atoms with van der Waals surface area (Å²) in [5.74, 6) is 0. The van der Waals surface area contributed by atoms with Gasteiger partial charge in [-0.2, -0.15) is 10.2 Å². The van der Waals surface area contributed by atoms with E-state index in [1.807, 2.05) is 13.0 Å². The van der Waals surface area contributed by atoms with E-state index in [1.54, 1.807) is 18.5 Å². The molecule has 0 saturated heterocycles. The van der Waals surface area contributed by atoms with Crippen LogP contribution in [0.1, 0.15) is 24.5 Å². The van der Waals surface area contributed by atoms with Gasteiger partial charge < -0.3 is 5.41 Å². The first-order valence-corrected chi connectivity index (χ1v) is 11.3. The minimum atomic E-state index is -3.95. The molecule has 0 atom stereocenters. The van der Waals surface area contributed by atoms with Crippen LogP contribution in [0.2, 0.25) is 0 Å². The molecule has 4 aromatic rings. The van der Waals surface area contributed by atoms with Gasteiger partial charge in [0.1, 0.15) is 0 Å². The Morgan fingerprint density at radius 3 is 2.68 bits per heavy atom. The zero-order chi connectivity index (χ0) is 22.2. The van der Waals surface area contributed by atoms with Gasteiger partial charge in [0.25, 0.3) is 0 Å². The fraction of sp³-hybridized carbons (Fsp3) is 0.182. The van der Waals surface area contributed by atoms with Crippen molar-refractivity contribution in [3.8, 4) is 11.3 Å². The van der Waals surface area contributed by atoms with Crippen LogP contribution in [-0.2, 0) is 16.3 Å². The molecule has 0 fully saturated rings. The molecule has 3 N–H and O–H groups in total. The lowest BCUT2D eigenvalue weighted by molar-refractivity contribution is 0.600. The van der Waals surface area contributed by atoms with Crippen molar-refractivity contribution >= 4 is 37.9 Å². The van der Waals surface area contributed by atoms with Crippen LogP contribution in [0.15, 0.2) is 53.2 Å². The molecule has 3 aromatic heterocycles. The molecule has 0 spiro atoms. The van der Waals surface area contributed by atoms with Crippen LogP contribution < -0.4 is 0 Å². The van der Waals surface area contributed by atoms with Gasteiger partial charge in [-0.1, -0.05) is 26.0 Å². The minimum absolute atomic E-state index is 0.0236. The number of allylic oxidation sites excluding steroid dienone is 2. The summed E-state index contributed by atoms with van der Waals surface area (Å²) < 4.78 is 26.6. The normalized spacial score (nSPS) is 12.5. The third-order valence-corrected chi connectivity index (χ3v) is 7.07. The second-order valence-corrected chi connectivity index (χ2v) is 9.04. The van der Waals surface area contributed by atoms with Crippen molar-refractivity contribution in [3.05, 3.63) is 59.3 Å². The molecule has 0 radical (unpaired) electrons. The van der Waals surface area contributed by atoms with E-state index in [0.717, 1.165) is 46.8 Å². The summed E-state index contributed by atoms with van der Waals surface area (Å²) in [5.41, 5.74) is 4.94. The number of nitrogens with zero attached hydrogens (tertiary/aromatic N) is 3. The SMILES string of the molecule is C=C/C(=C\C=N)S(=O)(=O)c1[nH]nc2ccc3nc(-c4cn[nH]c4)c(CCC)c(C)c3c12. The van der Waals surface area contributed by atoms with E-state index in [9.17, 15) is 8.42 Å². The Labute approximate surface area is 179 Å². The predicted molar refractivity (Wildman–Crippen MR) is 122 cm³/mol. The van der Waals surface area contributed by atoms with Crippen molar-refractivity contribution in [2.24, 2.45) is 0 Å². The van der Waals surface area contributed by atoms with Gasteiger partial charge in [-0.25, -0.2) is 13.4 Å². The summed E-state index contributed by atoms with van der Waals surface area (Å²) in [7, 11) is -3.95. The fourth-order valence-corrected chi connectivity index (χ4v) is 5.24. The van der Waals surface area contributed by atoms with Crippen LogP contribution in [0.25, 0.3) is 33.1 Å². The number of H-pyrrole nitrogens is 2. The van der Waals surface area contributed by atoms with E-state index in [2.05, 4.69) is 33.9 Å². The molecule has 0 aliphatic rings. The first-order valence-electron chi connectivity index (χ1n) is 9.81. The summed E-state index contributed by atoms with van der Waals surface area (Å²) >= 11 is 0. The van der Waals surface area contributed by atoms with E-state index in [1.165, 1.54) is 12.2 Å². The molecule has 31 heavy (non-hydrogen) atoms. The van der Waals surface area contributed by atoms with Crippen molar-refractivity contribution in [2.45, 2.75) is 31.7 Å². The highest BCUT2D eigenvalue weighted by Gasteiger charge is 2.26. The molecule has 0 amide bonds. The Bertz CT molecular complexity index is 1450. The van der Waals surface area contributed by atoms with Crippen LogP contribution in [0, 0.1) is 12.3 Å². The molecule has 0 saturated carbocycles. The number of aromatic nitrogens is 5.